The van der Waals surface area contributed by atoms with Gasteiger partial charge < -0.3 is 20.1 Å². The van der Waals surface area contributed by atoms with Crippen molar-refractivity contribution in [3.05, 3.63) is 18.2 Å². The molecule has 1 amide bonds. The molecule has 0 saturated carbocycles. The largest absolute Gasteiger partial charge is 0.490 e. The van der Waals surface area contributed by atoms with Gasteiger partial charge in [-0.15, -0.1) is 0 Å². The van der Waals surface area contributed by atoms with E-state index >= 15 is 0 Å². The van der Waals surface area contributed by atoms with Crippen LogP contribution in [0.2, 0.25) is 0 Å². The summed E-state index contributed by atoms with van der Waals surface area (Å²) in [6, 6.07) is 3.71. The van der Waals surface area contributed by atoms with Crippen LogP contribution in [-0.4, -0.2) is 57.6 Å². The first-order valence-corrected chi connectivity index (χ1v) is 10.3. The van der Waals surface area contributed by atoms with Crippen LogP contribution in [0.5, 0.6) is 11.5 Å². The summed E-state index contributed by atoms with van der Waals surface area (Å²) in [6.45, 7) is 3.65. The molecule has 3 N–H and O–H groups in total. The Bertz CT molecular complexity index is 760. The highest BCUT2D eigenvalue weighted by Gasteiger charge is 2.28. The summed E-state index contributed by atoms with van der Waals surface area (Å²) < 4.78 is 38.8. The minimum atomic E-state index is -3.86. The van der Waals surface area contributed by atoms with Gasteiger partial charge in [-0.3, -0.25) is 4.79 Å². The second-order valence-corrected chi connectivity index (χ2v) is 8.38. The summed E-state index contributed by atoms with van der Waals surface area (Å²) in [5.41, 5.74) is 5.85. The van der Waals surface area contributed by atoms with Gasteiger partial charge in [0.2, 0.25) is 15.9 Å². The van der Waals surface area contributed by atoms with Crippen molar-refractivity contribution in [3.8, 4) is 11.5 Å². The third-order valence-electron chi connectivity index (χ3n) is 4.58. The van der Waals surface area contributed by atoms with E-state index in [0.29, 0.717) is 37.8 Å². The van der Waals surface area contributed by atoms with E-state index in [-0.39, 0.29) is 16.8 Å². The number of ether oxygens (including phenoxy) is 2. The smallest absolute Gasteiger partial charge is 0.241 e. The lowest BCUT2D eigenvalue weighted by molar-refractivity contribution is -0.133. The molecule has 8 nitrogen and oxygen atoms in total. The number of piperidine rings is 1. The number of carbonyl (C=O) groups excluding carboxylic acids is 1. The van der Waals surface area contributed by atoms with Gasteiger partial charge in [-0.1, -0.05) is 0 Å². The van der Waals surface area contributed by atoms with Crippen LogP contribution in [0.4, 0.5) is 0 Å². The molecule has 0 radical (unpaired) electrons. The topological polar surface area (TPSA) is 111 Å². The summed E-state index contributed by atoms with van der Waals surface area (Å²) in [7, 11) is -3.86. The average molecular weight is 383 g/mol. The Morgan fingerprint density at radius 2 is 1.88 bits per heavy atom. The number of carbonyl (C=O) groups is 1. The molecule has 2 aliphatic rings. The number of sulfonamides is 1. The molecule has 0 bridgehead atoms. The quantitative estimate of drug-likeness (QED) is 0.782. The van der Waals surface area contributed by atoms with Crippen LogP contribution in [0.25, 0.3) is 0 Å². The highest BCUT2D eigenvalue weighted by atomic mass is 32.2. The van der Waals surface area contributed by atoms with E-state index in [1.807, 2.05) is 0 Å². The van der Waals surface area contributed by atoms with Crippen LogP contribution in [0.15, 0.2) is 23.1 Å². The lowest BCUT2D eigenvalue weighted by atomic mass is 10.1. The predicted molar refractivity (Wildman–Crippen MR) is 95.6 cm³/mol. The molecule has 1 atom stereocenters. The van der Waals surface area contributed by atoms with E-state index in [4.69, 9.17) is 15.2 Å². The van der Waals surface area contributed by atoms with E-state index in [2.05, 4.69) is 4.72 Å². The second-order valence-electron chi connectivity index (χ2n) is 6.66. The van der Waals surface area contributed by atoms with Crippen molar-refractivity contribution in [3.63, 3.8) is 0 Å². The van der Waals surface area contributed by atoms with Crippen LogP contribution in [-0.2, 0) is 14.8 Å². The number of rotatable bonds is 4. The van der Waals surface area contributed by atoms with Crippen LogP contribution in [0.1, 0.15) is 26.2 Å². The number of nitrogens with one attached hydrogen (secondary N) is 1. The summed E-state index contributed by atoms with van der Waals surface area (Å²) >= 11 is 0. The van der Waals surface area contributed by atoms with E-state index in [1.54, 1.807) is 17.9 Å². The molecule has 1 fully saturated rings. The highest BCUT2D eigenvalue weighted by Crippen LogP contribution is 2.31. The number of nitrogens with zero attached hydrogens (tertiary/aromatic N) is 1. The van der Waals surface area contributed by atoms with Gasteiger partial charge in [-0.2, -0.15) is 4.72 Å². The predicted octanol–water partition coefficient (Wildman–Crippen LogP) is 0.464. The lowest BCUT2D eigenvalue weighted by Crippen LogP contribution is -2.50. The molecule has 1 unspecified atom stereocenters. The third-order valence-corrected chi connectivity index (χ3v) is 6.12. The van der Waals surface area contributed by atoms with E-state index in [9.17, 15) is 13.2 Å². The van der Waals surface area contributed by atoms with Gasteiger partial charge in [0.15, 0.2) is 11.5 Å². The molecule has 0 spiro atoms. The van der Waals surface area contributed by atoms with Gasteiger partial charge in [0.05, 0.1) is 24.2 Å². The number of likely N-dealkylation sites (tertiary alicyclic amines) is 1. The molecule has 2 aliphatic heterocycles. The first kappa shape index (κ1) is 18.9. The lowest BCUT2D eigenvalue weighted by Gasteiger charge is -2.32. The molecular weight excluding hydrogens is 358 g/mol. The van der Waals surface area contributed by atoms with Crippen molar-refractivity contribution in [2.45, 2.75) is 43.2 Å². The molecule has 2 heterocycles. The fourth-order valence-electron chi connectivity index (χ4n) is 3.06. The van der Waals surface area contributed by atoms with Crippen LogP contribution < -0.4 is 19.9 Å². The van der Waals surface area contributed by atoms with E-state index in [0.717, 1.165) is 19.3 Å². The van der Waals surface area contributed by atoms with Crippen molar-refractivity contribution < 1.29 is 22.7 Å². The molecule has 26 heavy (non-hydrogen) atoms. The normalized spacial score (nSPS) is 19.7. The van der Waals surface area contributed by atoms with Crippen molar-refractivity contribution in [2.75, 3.05) is 26.3 Å². The maximum Gasteiger partial charge on any atom is 0.241 e. The monoisotopic (exact) mass is 383 g/mol. The maximum absolute atomic E-state index is 12.7. The zero-order valence-electron chi connectivity index (χ0n) is 14.8. The Morgan fingerprint density at radius 1 is 1.23 bits per heavy atom. The Kier molecular flexibility index (Phi) is 5.69. The van der Waals surface area contributed by atoms with Crippen molar-refractivity contribution in [1.82, 2.24) is 9.62 Å². The molecule has 3 rings (SSSR count). The fraction of sp³-hybridized carbons (Fsp3) is 0.588. The SMILES string of the molecule is CC(NS(=O)(=O)c1ccc2c(c1)OCCCO2)C(=O)N1CCC(N)CC1. The van der Waals surface area contributed by atoms with Gasteiger partial charge in [-0.05, 0) is 31.9 Å². The van der Waals surface area contributed by atoms with Crippen LogP contribution >= 0.6 is 0 Å². The number of hydrogen-bond acceptors (Lipinski definition) is 6. The average Bonchev–Trinajstić information content (AvgIpc) is 2.86. The van der Waals surface area contributed by atoms with Gasteiger partial charge >= 0.3 is 0 Å². The third kappa shape index (κ3) is 4.28. The van der Waals surface area contributed by atoms with Crippen molar-refractivity contribution >= 4 is 15.9 Å². The second kappa shape index (κ2) is 7.81. The summed E-state index contributed by atoms with van der Waals surface area (Å²) in [6.07, 6.45) is 2.20. The Hall–Kier alpha value is -1.84. The zero-order valence-corrected chi connectivity index (χ0v) is 15.6. The number of nitrogens with two attached hydrogens (primary N) is 1. The van der Waals surface area contributed by atoms with Crippen LogP contribution in [0.3, 0.4) is 0 Å². The zero-order chi connectivity index (χ0) is 18.7. The summed E-state index contributed by atoms with van der Waals surface area (Å²) in [5.74, 6) is 0.680. The molecule has 0 aromatic heterocycles. The molecule has 1 saturated heterocycles. The Labute approximate surface area is 153 Å². The number of amides is 1. The standard InChI is InChI=1S/C17H25N3O5S/c1-12(17(21)20-7-5-13(18)6-8-20)19-26(22,23)14-3-4-15-16(11-14)25-10-2-9-24-15/h3-4,11-13,19H,2,5-10,18H2,1H3. The Balaban J connectivity index is 1.70. The molecule has 0 aliphatic carbocycles. The Morgan fingerprint density at radius 3 is 2.58 bits per heavy atom. The molecule has 144 valence electrons. The molecule has 9 heteroatoms. The van der Waals surface area contributed by atoms with Gasteiger partial charge in [-0.25, -0.2) is 8.42 Å². The number of hydrogen-bond donors (Lipinski definition) is 2. The van der Waals surface area contributed by atoms with E-state index in [1.165, 1.54) is 12.1 Å². The van der Waals surface area contributed by atoms with Crippen molar-refractivity contribution in [2.24, 2.45) is 5.73 Å². The van der Waals surface area contributed by atoms with Gasteiger partial charge in [0.1, 0.15) is 0 Å². The van der Waals surface area contributed by atoms with E-state index < -0.39 is 16.1 Å². The summed E-state index contributed by atoms with van der Waals surface area (Å²) in [4.78, 5) is 14.2. The van der Waals surface area contributed by atoms with Crippen molar-refractivity contribution in [1.29, 1.82) is 0 Å². The first-order valence-electron chi connectivity index (χ1n) is 8.83. The highest BCUT2D eigenvalue weighted by molar-refractivity contribution is 7.89. The molecule has 1 aromatic carbocycles. The molecule has 1 aromatic rings. The number of benzene rings is 1. The molecular formula is C17H25N3O5S. The van der Waals surface area contributed by atoms with Crippen LogP contribution in [0, 0.1) is 0 Å². The fourth-order valence-corrected chi connectivity index (χ4v) is 4.27. The van der Waals surface area contributed by atoms with Gasteiger partial charge in [0, 0.05) is 31.6 Å². The number of fused-ring (bicyclic) bond motifs is 1. The maximum atomic E-state index is 12.7. The first-order chi connectivity index (χ1) is 12.4. The minimum absolute atomic E-state index is 0.0436. The minimum Gasteiger partial charge on any atom is -0.490 e. The summed E-state index contributed by atoms with van der Waals surface area (Å²) in [5, 5.41) is 0. The van der Waals surface area contributed by atoms with Gasteiger partial charge in [0.25, 0.3) is 0 Å².